The Bertz CT molecular complexity index is 1120. The highest BCUT2D eigenvalue weighted by atomic mass is 35.5. The number of carbonyl (C=O) groups is 1. The Morgan fingerprint density at radius 2 is 1.93 bits per heavy atom. The summed E-state index contributed by atoms with van der Waals surface area (Å²) in [4.78, 5) is 25.7. The lowest BCUT2D eigenvalue weighted by molar-refractivity contribution is 0.0610. The van der Waals surface area contributed by atoms with E-state index in [0.29, 0.717) is 10.6 Å². The van der Waals surface area contributed by atoms with Crippen LogP contribution < -0.4 is 10.9 Å². The molecule has 0 saturated heterocycles. The standard InChI is InChI=1S/C21H19ClFN3O4/c1-12(19(28)11-27)24-20(29)17-10-18(13-5-7-14(22)8-6-13)25-26(21(17)30)16-4-2-3-15(23)9-16/h2-10,12,19,27-28H,11H2,1H3,(H,24,29). The molecule has 0 aliphatic heterocycles. The fourth-order valence-electron chi connectivity index (χ4n) is 2.74. The predicted molar refractivity (Wildman–Crippen MR) is 110 cm³/mol. The van der Waals surface area contributed by atoms with Crippen molar-refractivity contribution in [3.63, 3.8) is 0 Å². The fraction of sp³-hybridized carbons (Fsp3) is 0.190. The van der Waals surface area contributed by atoms with Gasteiger partial charge in [0.15, 0.2) is 0 Å². The summed E-state index contributed by atoms with van der Waals surface area (Å²) in [5, 5.41) is 26.0. The molecule has 2 atom stereocenters. The van der Waals surface area contributed by atoms with Crippen LogP contribution in [-0.2, 0) is 0 Å². The molecule has 0 aliphatic rings. The Labute approximate surface area is 176 Å². The zero-order chi connectivity index (χ0) is 21.8. The minimum Gasteiger partial charge on any atom is -0.394 e. The molecular formula is C21H19ClFN3O4. The number of nitrogens with one attached hydrogen (secondary N) is 1. The van der Waals surface area contributed by atoms with Crippen molar-refractivity contribution in [3.8, 4) is 16.9 Å². The molecular weight excluding hydrogens is 413 g/mol. The largest absolute Gasteiger partial charge is 0.394 e. The summed E-state index contributed by atoms with van der Waals surface area (Å²) < 4.78 is 14.7. The van der Waals surface area contributed by atoms with Gasteiger partial charge in [0.25, 0.3) is 11.5 Å². The Hall–Kier alpha value is -3.07. The van der Waals surface area contributed by atoms with Crippen LogP contribution in [0.3, 0.4) is 0 Å². The van der Waals surface area contributed by atoms with Gasteiger partial charge in [-0.15, -0.1) is 0 Å². The lowest BCUT2D eigenvalue weighted by Gasteiger charge is -2.18. The van der Waals surface area contributed by atoms with E-state index in [4.69, 9.17) is 16.7 Å². The van der Waals surface area contributed by atoms with Gasteiger partial charge in [0.05, 0.1) is 30.1 Å². The monoisotopic (exact) mass is 431 g/mol. The summed E-state index contributed by atoms with van der Waals surface area (Å²) >= 11 is 5.93. The third-order valence-corrected chi connectivity index (χ3v) is 4.72. The first-order valence-electron chi connectivity index (χ1n) is 9.06. The molecule has 1 amide bonds. The van der Waals surface area contributed by atoms with E-state index in [9.17, 15) is 19.1 Å². The van der Waals surface area contributed by atoms with Crippen LogP contribution in [0.4, 0.5) is 4.39 Å². The molecule has 2 aromatic carbocycles. The topological polar surface area (TPSA) is 104 Å². The highest BCUT2D eigenvalue weighted by Gasteiger charge is 2.21. The highest BCUT2D eigenvalue weighted by molar-refractivity contribution is 6.30. The molecule has 0 spiro atoms. The highest BCUT2D eigenvalue weighted by Crippen LogP contribution is 2.20. The molecule has 2 unspecified atom stereocenters. The summed E-state index contributed by atoms with van der Waals surface area (Å²) in [6.45, 7) is 0.937. The van der Waals surface area contributed by atoms with Gasteiger partial charge in [0.1, 0.15) is 11.4 Å². The minimum absolute atomic E-state index is 0.147. The van der Waals surface area contributed by atoms with Crippen LogP contribution in [0.1, 0.15) is 17.3 Å². The first kappa shape index (κ1) is 21.6. The molecule has 0 bridgehead atoms. The van der Waals surface area contributed by atoms with Gasteiger partial charge >= 0.3 is 0 Å². The molecule has 3 rings (SSSR count). The van der Waals surface area contributed by atoms with Crippen LogP contribution in [0.2, 0.25) is 5.02 Å². The molecule has 1 aromatic heterocycles. The van der Waals surface area contributed by atoms with Crippen molar-refractivity contribution in [1.29, 1.82) is 0 Å². The van der Waals surface area contributed by atoms with Crippen LogP contribution in [0, 0.1) is 5.82 Å². The average molecular weight is 432 g/mol. The summed E-state index contributed by atoms with van der Waals surface area (Å²) in [5.74, 6) is -1.33. The number of hydrogen-bond acceptors (Lipinski definition) is 5. The number of rotatable bonds is 6. The Morgan fingerprint density at radius 1 is 1.23 bits per heavy atom. The van der Waals surface area contributed by atoms with Crippen molar-refractivity contribution in [3.05, 3.63) is 81.4 Å². The molecule has 0 aliphatic carbocycles. The molecule has 0 radical (unpaired) electrons. The van der Waals surface area contributed by atoms with Crippen molar-refractivity contribution in [2.24, 2.45) is 0 Å². The Balaban J connectivity index is 2.14. The van der Waals surface area contributed by atoms with Gasteiger partial charge in [0.2, 0.25) is 0 Å². The van der Waals surface area contributed by atoms with Crippen LogP contribution in [-0.4, -0.2) is 44.7 Å². The number of carbonyl (C=O) groups excluding carboxylic acids is 1. The zero-order valence-corrected chi connectivity index (χ0v) is 16.7. The van der Waals surface area contributed by atoms with E-state index >= 15 is 0 Å². The van der Waals surface area contributed by atoms with Gasteiger partial charge < -0.3 is 15.5 Å². The van der Waals surface area contributed by atoms with Gasteiger partial charge in [0, 0.05) is 10.6 Å². The van der Waals surface area contributed by atoms with E-state index in [1.807, 2.05) is 0 Å². The molecule has 0 saturated carbocycles. The molecule has 30 heavy (non-hydrogen) atoms. The molecule has 1 heterocycles. The smallest absolute Gasteiger partial charge is 0.284 e. The van der Waals surface area contributed by atoms with E-state index in [2.05, 4.69) is 10.4 Å². The second-order valence-electron chi connectivity index (χ2n) is 6.66. The summed E-state index contributed by atoms with van der Waals surface area (Å²) in [6.07, 6.45) is -1.20. The molecule has 3 aromatic rings. The first-order chi connectivity index (χ1) is 14.3. The second kappa shape index (κ2) is 9.17. The zero-order valence-electron chi connectivity index (χ0n) is 15.9. The van der Waals surface area contributed by atoms with E-state index in [0.717, 1.165) is 10.7 Å². The van der Waals surface area contributed by atoms with Crippen molar-refractivity contribution in [1.82, 2.24) is 15.1 Å². The summed E-state index contributed by atoms with van der Waals surface area (Å²) in [5.41, 5.74) is 0.00379. The van der Waals surface area contributed by atoms with Gasteiger partial charge in [-0.2, -0.15) is 9.78 Å². The lowest BCUT2D eigenvalue weighted by Crippen LogP contribution is -2.44. The number of aliphatic hydroxyl groups excluding tert-OH is 2. The molecule has 156 valence electrons. The van der Waals surface area contributed by atoms with Crippen LogP contribution >= 0.6 is 11.6 Å². The quantitative estimate of drug-likeness (QED) is 0.555. The SMILES string of the molecule is CC(NC(=O)c1cc(-c2ccc(Cl)cc2)nn(-c2cccc(F)c2)c1=O)C(O)CO. The average Bonchev–Trinajstić information content (AvgIpc) is 2.73. The summed E-state index contributed by atoms with van der Waals surface area (Å²) in [7, 11) is 0. The number of aliphatic hydroxyl groups is 2. The van der Waals surface area contributed by atoms with E-state index in [1.165, 1.54) is 31.2 Å². The van der Waals surface area contributed by atoms with E-state index < -0.39 is 36.0 Å². The maximum Gasteiger partial charge on any atom is 0.284 e. The number of nitrogens with zero attached hydrogens (tertiary/aromatic N) is 2. The van der Waals surface area contributed by atoms with E-state index in [1.54, 1.807) is 24.3 Å². The Morgan fingerprint density at radius 3 is 2.57 bits per heavy atom. The third-order valence-electron chi connectivity index (χ3n) is 4.47. The van der Waals surface area contributed by atoms with Crippen LogP contribution in [0.25, 0.3) is 16.9 Å². The minimum atomic E-state index is -1.20. The number of amides is 1. The molecule has 7 nitrogen and oxygen atoms in total. The number of aromatic nitrogens is 2. The van der Waals surface area contributed by atoms with Crippen molar-refractivity contribution in [2.75, 3.05) is 6.61 Å². The van der Waals surface area contributed by atoms with Crippen LogP contribution in [0.5, 0.6) is 0 Å². The van der Waals surface area contributed by atoms with Gasteiger partial charge in [-0.25, -0.2) is 4.39 Å². The van der Waals surface area contributed by atoms with E-state index in [-0.39, 0.29) is 16.9 Å². The van der Waals surface area contributed by atoms with Crippen LogP contribution in [0.15, 0.2) is 59.4 Å². The number of halogens is 2. The number of benzene rings is 2. The fourth-order valence-corrected chi connectivity index (χ4v) is 2.87. The molecule has 0 fully saturated rings. The van der Waals surface area contributed by atoms with Crippen molar-refractivity contribution >= 4 is 17.5 Å². The van der Waals surface area contributed by atoms with Gasteiger partial charge in [-0.05, 0) is 43.3 Å². The molecule has 3 N–H and O–H groups in total. The number of hydrogen-bond donors (Lipinski definition) is 3. The first-order valence-corrected chi connectivity index (χ1v) is 9.44. The van der Waals surface area contributed by atoms with Gasteiger partial charge in [-0.3, -0.25) is 9.59 Å². The Kier molecular flexibility index (Phi) is 6.61. The van der Waals surface area contributed by atoms with Crippen molar-refractivity contribution < 1.29 is 19.4 Å². The lowest BCUT2D eigenvalue weighted by atomic mass is 10.1. The molecule has 9 heteroatoms. The maximum atomic E-state index is 13.7. The van der Waals surface area contributed by atoms with Crippen molar-refractivity contribution in [2.45, 2.75) is 19.1 Å². The second-order valence-corrected chi connectivity index (χ2v) is 7.10. The third kappa shape index (κ3) is 4.73. The normalized spacial score (nSPS) is 13.0. The summed E-state index contributed by atoms with van der Waals surface area (Å²) in [6, 6.07) is 12.4. The maximum absolute atomic E-state index is 13.7. The van der Waals surface area contributed by atoms with Gasteiger partial charge in [-0.1, -0.05) is 29.8 Å². The predicted octanol–water partition coefficient (Wildman–Crippen LogP) is 2.16.